The number of rotatable bonds is 4. The van der Waals surface area contributed by atoms with Crippen LogP contribution in [0.15, 0.2) is 18.2 Å². The zero-order valence-electron chi connectivity index (χ0n) is 12.6. The first kappa shape index (κ1) is 13.9. The maximum absolute atomic E-state index is 5.87. The molecule has 2 atom stereocenters. The van der Waals surface area contributed by atoms with Crippen LogP contribution in [-0.4, -0.2) is 25.9 Å². The van der Waals surface area contributed by atoms with Gasteiger partial charge in [0.2, 0.25) is 0 Å². The fraction of sp³-hybridized carbons (Fsp3) is 0.647. The van der Waals surface area contributed by atoms with Gasteiger partial charge in [-0.2, -0.15) is 0 Å². The second-order valence-electron chi connectivity index (χ2n) is 6.29. The molecule has 1 fully saturated rings. The quantitative estimate of drug-likeness (QED) is 0.915. The van der Waals surface area contributed by atoms with Crippen molar-refractivity contribution < 1.29 is 9.47 Å². The van der Waals surface area contributed by atoms with Gasteiger partial charge in [-0.1, -0.05) is 6.07 Å². The average Bonchev–Trinajstić information content (AvgIpc) is 2.91. The maximum Gasteiger partial charge on any atom is 0.119 e. The van der Waals surface area contributed by atoms with Crippen molar-refractivity contribution in [2.45, 2.75) is 50.7 Å². The van der Waals surface area contributed by atoms with E-state index in [1.807, 2.05) is 0 Å². The van der Waals surface area contributed by atoms with Gasteiger partial charge in [-0.25, -0.2) is 0 Å². The Hall–Kier alpha value is -1.06. The molecule has 20 heavy (non-hydrogen) atoms. The van der Waals surface area contributed by atoms with E-state index >= 15 is 0 Å². The predicted molar refractivity (Wildman–Crippen MR) is 80.3 cm³/mol. The number of nitrogens with one attached hydrogen (secondary N) is 1. The molecule has 0 saturated carbocycles. The van der Waals surface area contributed by atoms with Gasteiger partial charge in [-0.3, -0.25) is 0 Å². The van der Waals surface area contributed by atoms with Crippen LogP contribution in [-0.2, 0) is 11.2 Å². The Morgan fingerprint density at radius 2 is 2.30 bits per heavy atom. The molecule has 0 amide bonds. The van der Waals surface area contributed by atoms with E-state index in [0.29, 0.717) is 6.04 Å². The molecule has 1 heterocycles. The van der Waals surface area contributed by atoms with Crippen molar-refractivity contribution >= 4 is 0 Å². The maximum atomic E-state index is 5.87. The summed E-state index contributed by atoms with van der Waals surface area (Å²) in [4.78, 5) is 0. The second kappa shape index (κ2) is 5.74. The highest BCUT2D eigenvalue weighted by Gasteiger charge is 2.31. The summed E-state index contributed by atoms with van der Waals surface area (Å²) < 4.78 is 11.2. The summed E-state index contributed by atoms with van der Waals surface area (Å²) in [5, 5.41) is 3.73. The number of ether oxygens (including phenoxy) is 2. The molecule has 1 saturated heterocycles. The molecule has 3 heteroatoms. The molecule has 0 aromatic heterocycles. The molecule has 0 spiro atoms. The number of fused-ring (bicyclic) bond motifs is 1. The Morgan fingerprint density at radius 1 is 1.40 bits per heavy atom. The molecule has 1 N–H and O–H groups in total. The van der Waals surface area contributed by atoms with Crippen LogP contribution in [0.4, 0.5) is 0 Å². The van der Waals surface area contributed by atoms with Gasteiger partial charge in [0.05, 0.1) is 12.7 Å². The third-order valence-corrected chi connectivity index (χ3v) is 4.69. The van der Waals surface area contributed by atoms with Gasteiger partial charge in [-0.15, -0.1) is 0 Å². The molecule has 2 aliphatic rings. The first-order chi connectivity index (χ1) is 9.70. The van der Waals surface area contributed by atoms with E-state index in [1.165, 1.54) is 43.2 Å². The average molecular weight is 275 g/mol. The molecule has 1 aliphatic carbocycles. The van der Waals surface area contributed by atoms with Gasteiger partial charge in [0.15, 0.2) is 0 Å². The molecule has 1 aliphatic heterocycles. The molecular formula is C17H25NO2. The van der Waals surface area contributed by atoms with Crippen molar-refractivity contribution in [1.82, 2.24) is 5.32 Å². The minimum Gasteiger partial charge on any atom is -0.497 e. The van der Waals surface area contributed by atoms with Crippen LogP contribution < -0.4 is 10.1 Å². The first-order valence-corrected chi connectivity index (χ1v) is 7.74. The van der Waals surface area contributed by atoms with Crippen LogP contribution in [0, 0.1) is 0 Å². The van der Waals surface area contributed by atoms with Crippen LogP contribution >= 0.6 is 0 Å². The second-order valence-corrected chi connectivity index (χ2v) is 6.29. The van der Waals surface area contributed by atoms with Crippen LogP contribution in [0.2, 0.25) is 0 Å². The Bertz CT molecular complexity index is 466. The van der Waals surface area contributed by atoms with Gasteiger partial charge in [0.1, 0.15) is 5.75 Å². The van der Waals surface area contributed by atoms with E-state index < -0.39 is 0 Å². The fourth-order valence-electron chi connectivity index (χ4n) is 3.45. The molecule has 3 rings (SSSR count). The lowest BCUT2D eigenvalue weighted by molar-refractivity contribution is 0.0183. The summed E-state index contributed by atoms with van der Waals surface area (Å²) in [5.74, 6) is 0.968. The lowest BCUT2D eigenvalue weighted by atomic mass is 9.87. The van der Waals surface area contributed by atoms with Gasteiger partial charge in [0.25, 0.3) is 0 Å². The third kappa shape index (κ3) is 2.84. The molecule has 0 bridgehead atoms. The molecule has 3 nitrogen and oxygen atoms in total. The van der Waals surface area contributed by atoms with Crippen LogP contribution in [0.5, 0.6) is 5.75 Å². The fourth-order valence-corrected chi connectivity index (χ4v) is 3.45. The summed E-state index contributed by atoms with van der Waals surface area (Å²) in [6, 6.07) is 6.96. The first-order valence-electron chi connectivity index (χ1n) is 7.74. The van der Waals surface area contributed by atoms with Crippen molar-refractivity contribution in [3.8, 4) is 5.75 Å². The van der Waals surface area contributed by atoms with E-state index in [4.69, 9.17) is 9.47 Å². The van der Waals surface area contributed by atoms with E-state index in [2.05, 4.69) is 30.4 Å². The molecule has 2 unspecified atom stereocenters. The Kier molecular flexibility index (Phi) is 3.99. The third-order valence-electron chi connectivity index (χ3n) is 4.69. The van der Waals surface area contributed by atoms with Gasteiger partial charge in [-0.05, 0) is 62.3 Å². The minimum atomic E-state index is 0.0318. The van der Waals surface area contributed by atoms with E-state index in [0.717, 1.165) is 18.9 Å². The number of benzene rings is 1. The highest BCUT2D eigenvalue weighted by Crippen LogP contribution is 2.33. The summed E-state index contributed by atoms with van der Waals surface area (Å²) in [7, 11) is 1.73. The van der Waals surface area contributed by atoms with Crippen molar-refractivity contribution in [2.75, 3.05) is 20.3 Å². The van der Waals surface area contributed by atoms with Crippen LogP contribution in [0.25, 0.3) is 0 Å². The summed E-state index contributed by atoms with van der Waals surface area (Å²) in [5.41, 5.74) is 2.91. The number of aryl methyl sites for hydroxylation is 1. The molecular weight excluding hydrogens is 250 g/mol. The summed E-state index contributed by atoms with van der Waals surface area (Å²) in [6.07, 6.45) is 5.99. The summed E-state index contributed by atoms with van der Waals surface area (Å²) in [6.45, 7) is 4.09. The number of hydrogen-bond acceptors (Lipinski definition) is 3. The van der Waals surface area contributed by atoms with E-state index in [9.17, 15) is 0 Å². The van der Waals surface area contributed by atoms with E-state index in [1.54, 1.807) is 7.11 Å². The Labute approximate surface area is 121 Å². The lowest BCUT2D eigenvalue weighted by Gasteiger charge is -2.31. The molecule has 110 valence electrons. The zero-order chi connectivity index (χ0) is 14.0. The van der Waals surface area contributed by atoms with Crippen LogP contribution in [0.3, 0.4) is 0 Å². The number of methoxy groups -OCH3 is 1. The van der Waals surface area contributed by atoms with Gasteiger partial charge < -0.3 is 14.8 Å². The van der Waals surface area contributed by atoms with Gasteiger partial charge in [0, 0.05) is 19.2 Å². The summed E-state index contributed by atoms with van der Waals surface area (Å²) >= 11 is 0. The van der Waals surface area contributed by atoms with E-state index in [-0.39, 0.29) is 5.60 Å². The Balaban J connectivity index is 1.70. The highest BCUT2D eigenvalue weighted by molar-refractivity contribution is 5.39. The minimum absolute atomic E-state index is 0.0318. The molecule has 1 aromatic rings. The molecule has 0 radical (unpaired) electrons. The SMILES string of the molecule is COc1ccc2c(c1)CCCC2NCC1(C)CCCO1. The monoisotopic (exact) mass is 275 g/mol. The number of hydrogen-bond donors (Lipinski definition) is 1. The zero-order valence-corrected chi connectivity index (χ0v) is 12.6. The smallest absolute Gasteiger partial charge is 0.119 e. The highest BCUT2D eigenvalue weighted by atomic mass is 16.5. The van der Waals surface area contributed by atoms with Crippen LogP contribution in [0.1, 0.15) is 49.8 Å². The standard InChI is InChI=1S/C17H25NO2/c1-17(9-4-10-20-17)12-18-16-6-3-5-13-11-14(19-2)7-8-15(13)16/h7-8,11,16,18H,3-6,9-10,12H2,1-2H3. The Morgan fingerprint density at radius 3 is 3.05 bits per heavy atom. The predicted octanol–water partition coefficient (Wildman–Crippen LogP) is 3.23. The normalized spacial score (nSPS) is 29.2. The molecule has 1 aromatic carbocycles. The van der Waals surface area contributed by atoms with Crippen molar-refractivity contribution in [3.63, 3.8) is 0 Å². The lowest BCUT2D eigenvalue weighted by Crippen LogP contribution is -2.39. The van der Waals surface area contributed by atoms with Gasteiger partial charge >= 0.3 is 0 Å². The van der Waals surface area contributed by atoms with Crippen molar-refractivity contribution in [2.24, 2.45) is 0 Å². The van der Waals surface area contributed by atoms with Crippen molar-refractivity contribution in [1.29, 1.82) is 0 Å². The van der Waals surface area contributed by atoms with Crippen molar-refractivity contribution in [3.05, 3.63) is 29.3 Å². The topological polar surface area (TPSA) is 30.5 Å². The largest absolute Gasteiger partial charge is 0.497 e.